The van der Waals surface area contributed by atoms with Gasteiger partial charge in [0, 0.05) is 17.8 Å². The first-order chi connectivity index (χ1) is 12.9. The Balaban J connectivity index is 1.55. The molecule has 0 saturated heterocycles. The van der Waals surface area contributed by atoms with Crippen molar-refractivity contribution < 1.29 is 17.6 Å². The summed E-state index contributed by atoms with van der Waals surface area (Å²) in [5.41, 5.74) is 3.40. The van der Waals surface area contributed by atoms with Crippen molar-refractivity contribution in [3.05, 3.63) is 59.7 Å². The van der Waals surface area contributed by atoms with Gasteiger partial charge in [0.05, 0.1) is 0 Å². The molecule has 2 aromatic carbocycles. The van der Waals surface area contributed by atoms with Crippen LogP contribution in [0, 0.1) is 6.92 Å². The Morgan fingerprint density at radius 1 is 1.15 bits per heavy atom. The van der Waals surface area contributed by atoms with Gasteiger partial charge in [-0.25, -0.2) is 8.42 Å². The molecule has 1 aromatic heterocycles. The number of nitrogens with zero attached hydrogens (tertiary/aromatic N) is 3. The van der Waals surface area contributed by atoms with E-state index < -0.39 is 26.7 Å². The van der Waals surface area contributed by atoms with Gasteiger partial charge in [-0.15, -0.1) is 5.10 Å². The average molecular weight is 383 g/mol. The first-order valence-electron chi connectivity index (χ1n) is 8.45. The van der Waals surface area contributed by atoms with Crippen LogP contribution in [0.25, 0.3) is 11.5 Å². The summed E-state index contributed by atoms with van der Waals surface area (Å²) >= 11 is 0. The highest BCUT2D eigenvalue weighted by atomic mass is 32.2. The second-order valence-corrected chi connectivity index (χ2v) is 8.29. The zero-order valence-corrected chi connectivity index (χ0v) is 15.4. The van der Waals surface area contributed by atoms with E-state index in [2.05, 4.69) is 10.2 Å². The van der Waals surface area contributed by atoms with Crippen molar-refractivity contribution in [2.75, 3.05) is 17.2 Å². The molecule has 0 bridgehead atoms. The minimum atomic E-state index is -4.03. The second kappa shape index (κ2) is 6.62. The van der Waals surface area contributed by atoms with Crippen LogP contribution in [0.4, 0.5) is 5.69 Å². The summed E-state index contributed by atoms with van der Waals surface area (Å²) in [4.78, 5) is 14.1. The number of para-hydroxylation sites is 1. The van der Waals surface area contributed by atoms with E-state index in [1.165, 1.54) is 4.90 Å². The normalized spacial score (nSPS) is 13.6. The Labute approximate surface area is 156 Å². The highest BCUT2D eigenvalue weighted by Crippen LogP contribution is 2.28. The number of carbonyl (C=O) groups is 1. The van der Waals surface area contributed by atoms with Crippen molar-refractivity contribution in [1.82, 2.24) is 10.2 Å². The molecule has 27 heavy (non-hydrogen) atoms. The van der Waals surface area contributed by atoms with Crippen LogP contribution in [0.15, 0.2) is 58.2 Å². The van der Waals surface area contributed by atoms with Crippen LogP contribution in [0.2, 0.25) is 0 Å². The number of aryl methyl sites for hydroxylation is 1. The summed E-state index contributed by atoms with van der Waals surface area (Å²) in [6, 6.07) is 14.8. The van der Waals surface area contributed by atoms with E-state index in [-0.39, 0.29) is 5.89 Å². The van der Waals surface area contributed by atoms with Gasteiger partial charge in [0.25, 0.3) is 0 Å². The predicted octanol–water partition coefficient (Wildman–Crippen LogP) is 2.41. The van der Waals surface area contributed by atoms with Gasteiger partial charge in [-0.2, -0.15) is 0 Å². The van der Waals surface area contributed by atoms with Gasteiger partial charge < -0.3 is 9.32 Å². The molecule has 8 heteroatoms. The molecule has 2 heterocycles. The fraction of sp³-hybridized carbons (Fsp3) is 0.211. The smallest absolute Gasteiger partial charge is 0.336 e. The molecule has 3 aromatic rings. The minimum Gasteiger partial charge on any atom is -0.408 e. The summed E-state index contributed by atoms with van der Waals surface area (Å²) < 4.78 is 30.5. The third-order valence-corrected chi connectivity index (χ3v) is 5.76. The Morgan fingerprint density at radius 2 is 1.96 bits per heavy atom. The van der Waals surface area contributed by atoms with Crippen molar-refractivity contribution in [3.63, 3.8) is 0 Å². The summed E-state index contributed by atoms with van der Waals surface area (Å²) in [7, 11) is -4.03. The lowest BCUT2D eigenvalue weighted by Gasteiger charge is -2.16. The van der Waals surface area contributed by atoms with E-state index in [0.717, 1.165) is 16.8 Å². The van der Waals surface area contributed by atoms with Crippen LogP contribution in [0.3, 0.4) is 0 Å². The van der Waals surface area contributed by atoms with Crippen LogP contribution in [-0.2, 0) is 21.1 Å². The third kappa shape index (κ3) is 3.35. The largest absolute Gasteiger partial charge is 0.408 e. The van der Waals surface area contributed by atoms with Gasteiger partial charge in [0.1, 0.15) is 5.75 Å². The van der Waals surface area contributed by atoms with E-state index in [1.54, 1.807) is 6.07 Å². The van der Waals surface area contributed by atoms with Crippen LogP contribution in [0.1, 0.15) is 11.1 Å². The van der Waals surface area contributed by atoms with Crippen molar-refractivity contribution in [2.24, 2.45) is 0 Å². The van der Waals surface area contributed by atoms with Gasteiger partial charge in [0.15, 0.2) is 0 Å². The number of benzene rings is 2. The zero-order valence-electron chi connectivity index (χ0n) is 14.6. The van der Waals surface area contributed by atoms with E-state index in [4.69, 9.17) is 4.42 Å². The van der Waals surface area contributed by atoms with E-state index >= 15 is 0 Å². The number of amides is 1. The van der Waals surface area contributed by atoms with Crippen LogP contribution < -0.4 is 4.90 Å². The monoisotopic (exact) mass is 383 g/mol. The first-order valence-corrected chi connectivity index (χ1v) is 10.1. The molecule has 1 aliphatic rings. The maximum atomic E-state index is 12.6. The molecule has 0 radical (unpaired) electrons. The zero-order chi connectivity index (χ0) is 19.0. The molecule has 0 saturated carbocycles. The lowest BCUT2D eigenvalue weighted by Crippen LogP contribution is -2.34. The molecule has 0 spiro atoms. The Bertz CT molecular complexity index is 1120. The molecule has 138 valence electrons. The van der Waals surface area contributed by atoms with Crippen molar-refractivity contribution in [3.8, 4) is 11.5 Å². The van der Waals surface area contributed by atoms with Crippen LogP contribution in [0.5, 0.6) is 0 Å². The number of hydrogen-bond acceptors (Lipinski definition) is 6. The van der Waals surface area contributed by atoms with E-state index in [0.29, 0.717) is 18.5 Å². The number of aromatic nitrogens is 2. The molecular weight excluding hydrogens is 366 g/mol. The third-order valence-electron chi connectivity index (χ3n) is 4.44. The Kier molecular flexibility index (Phi) is 4.27. The number of hydrogen-bond donors (Lipinski definition) is 0. The molecular formula is C19H17N3O4S. The molecule has 0 atom stereocenters. The van der Waals surface area contributed by atoms with Gasteiger partial charge in [-0.1, -0.05) is 41.0 Å². The van der Waals surface area contributed by atoms with Gasteiger partial charge in [-0.3, -0.25) is 4.79 Å². The lowest BCUT2D eigenvalue weighted by molar-refractivity contribution is -0.116. The van der Waals surface area contributed by atoms with Crippen LogP contribution >= 0.6 is 0 Å². The number of rotatable bonds is 4. The number of anilines is 1. The first kappa shape index (κ1) is 17.4. The number of carbonyl (C=O) groups excluding carboxylic acids is 1. The second-order valence-electron chi connectivity index (χ2n) is 6.43. The van der Waals surface area contributed by atoms with Crippen LogP contribution in [-0.4, -0.2) is 36.8 Å². The summed E-state index contributed by atoms with van der Waals surface area (Å²) in [6.07, 6.45) is 0.708. The van der Waals surface area contributed by atoms with Gasteiger partial charge in [-0.05, 0) is 37.1 Å². The molecule has 0 unspecified atom stereocenters. The molecule has 4 rings (SSSR count). The topological polar surface area (TPSA) is 93.4 Å². The van der Waals surface area contributed by atoms with E-state index in [1.807, 2.05) is 49.4 Å². The lowest BCUT2D eigenvalue weighted by atomic mass is 10.1. The number of fused-ring (bicyclic) bond motifs is 1. The molecule has 0 aliphatic carbocycles. The molecule has 7 nitrogen and oxygen atoms in total. The van der Waals surface area contributed by atoms with Gasteiger partial charge in [0.2, 0.25) is 21.6 Å². The van der Waals surface area contributed by atoms with Gasteiger partial charge >= 0.3 is 5.22 Å². The van der Waals surface area contributed by atoms with Crippen molar-refractivity contribution >= 4 is 21.4 Å². The molecule has 0 N–H and O–H groups in total. The molecule has 0 fully saturated rings. The standard InChI is InChI=1S/C19H17N3O4S/c1-13-5-4-7-15(11-13)18-20-21-19(26-18)27(24,25)12-17(23)22-10-9-14-6-2-3-8-16(14)22/h2-8,11H,9-10,12H2,1H3. The maximum absolute atomic E-state index is 12.6. The SMILES string of the molecule is Cc1cccc(-c2nnc(S(=O)(=O)CC(=O)N3CCc4ccccc43)o2)c1. The summed E-state index contributed by atoms with van der Waals surface area (Å²) in [5.74, 6) is -1.11. The fourth-order valence-corrected chi connectivity index (χ4v) is 4.11. The average Bonchev–Trinajstić information content (AvgIpc) is 3.29. The van der Waals surface area contributed by atoms with Crippen molar-refractivity contribution in [1.29, 1.82) is 0 Å². The quantitative estimate of drug-likeness (QED) is 0.687. The Morgan fingerprint density at radius 3 is 2.78 bits per heavy atom. The van der Waals surface area contributed by atoms with Crippen molar-refractivity contribution in [2.45, 2.75) is 18.6 Å². The highest BCUT2D eigenvalue weighted by Gasteiger charge is 2.31. The number of sulfone groups is 1. The fourth-order valence-electron chi connectivity index (χ4n) is 3.13. The molecule has 1 amide bonds. The predicted molar refractivity (Wildman–Crippen MR) is 99.0 cm³/mol. The minimum absolute atomic E-state index is 0.108. The summed E-state index contributed by atoms with van der Waals surface area (Å²) in [5, 5.41) is 6.91. The molecule has 1 aliphatic heterocycles. The Hall–Kier alpha value is -3.00. The highest BCUT2D eigenvalue weighted by molar-refractivity contribution is 7.91. The summed E-state index contributed by atoms with van der Waals surface area (Å²) in [6.45, 7) is 2.37. The maximum Gasteiger partial charge on any atom is 0.336 e. The van der Waals surface area contributed by atoms with E-state index in [9.17, 15) is 13.2 Å².